The lowest BCUT2D eigenvalue weighted by molar-refractivity contribution is -0.162. The molecular formula is C55H90N2O9. The molecule has 1 aromatic carbocycles. The van der Waals surface area contributed by atoms with E-state index in [0.717, 1.165) is 70.2 Å². The van der Waals surface area contributed by atoms with Crippen molar-refractivity contribution >= 4 is 30.5 Å². The molecule has 0 aromatic heterocycles. The summed E-state index contributed by atoms with van der Waals surface area (Å²) in [6.07, 6.45) is 9.31. The first-order valence-electron chi connectivity index (χ1n) is 25.0. The Morgan fingerprint density at radius 1 is 0.894 bits per heavy atom. The Kier molecular flexibility index (Phi) is 20.1. The average molecular weight is 923 g/mol. The fourth-order valence-corrected chi connectivity index (χ4v) is 12.6. The molecule has 0 spiro atoms. The molecule has 66 heavy (non-hydrogen) atoms. The molecule has 9 atom stereocenters. The lowest BCUT2D eigenvalue weighted by atomic mass is 9.39. The number of hydrogen-bond donors (Lipinski definition) is 3. The number of aliphatic carboxylic acids is 2. The summed E-state index contributed by atoms with van der Waals surface area (Å²) >= 11 is 0. The molecule has 1 aromatic rings. The zero-order chi connectivity index (χ0) is 50.2. The molecule has 0 aliphatic heterocycles. The third kappa shape index (κ3) is 12.8. The van der Waals surface area contributed by atoms with E-state index in [1.165, 1.54) is 29.5 Å². The summed E-state index contributed by atoms with van der Waals surface area (Å²) in [5.41, 5.74) is 2.81. The topological polar surface area (TPSA) is 162 Å². The Morgan fingerprint density at radius 2 is 1.50 bits per heavy atom. The van der Waals surface area contributed by atoms with Crippen molar-refractivity contribution in [2.75, 3.05) is 33.7 Å². The number of aryl methyl sites for hydroxylation is 1. The molecule has 0 radical (unpaired) electrons. The number of likely N-dealkylation sites (N-methyl/N-ethyl adjacent to an activating group) is 1. The van der Waals surface area contributed by atoms with Gasteiger partial charge in [-0.3, -0.25) is 24.1 Å². The third-order valence-electron chi connectivity index (χ3n) is 17.1. The smallest absolute Gasteiger partial charge is 0.309 e. The SMILES string of the molecule is C=O.CCC(C)(C)C(=O)O.CCC1CCC2(C)C3CCC4(C(O)CN(CCN(C)C)Cc5ccc(C)cc5)CC(=O)C(C(C)C)=C4C3CCC2C1(C)CCC(C)OC(=O)CC(C)(C)C(=O)O. The number of aliphatic hydroxyl groups excluding tert-OH is 1. The summed E-state index contributed by atoms with van der Waals surface area (Å²) in [5.74, 6) is 0.0726. The van der Waals surface area contributed by atoms with E-state index in [-0.39, 0.29) is 35.1 Å². The van der Waals surface area contributed by atoms with Crippen LogP contribution in [0.3, 0.4) is 0 Å². The van der Waals surface area contributed by atoms with Gasteiger partial charge < -0.3 is 29.8 Å². The number of aliphatic hydroxyl groups is 1. The molecule has 0 heterocycles. The molecule has 0 amide bonds. The molecule has 0 saturated heterocycles. The van der Waals surface area contributed by atoms with Gasteiger partial charge in [0.1, 0.15) is 6.79 Å². The number of esters is 1. The predicted molar refractivity (Wildman–Crippen MR) is 263 cm³/mol. The van der Waals surface area contributed by atoms with E-state index in [4.69, 9.17) is 14.6 Å². The number of ketones is 1. The van der Waals surface area contributed by atoms with Gasteiger partial charge >= 0.3 is 17.9 Å². The number of carbonyl (C=O) groups is 5. The molecule has 5 rings (SSSR count). The molecule has 3 saturated carbocycles. The molecular weight excluding hydrogens is 833 g/mol. The summed E-state index contributed by atoms with van der Waals surface area (Å²) in [7, 11) is 4.20. The molecule has 9 unspecified atom stereocenters. The molecule has 11 nitrogen and oxygen atoms in total. The molecule has 11 heteroatoms. The number of nitrogens with zero attached hydrogens (tertiary/aromatic N) is 2. The van der Waals surface area contributed by atoms with E-state index < -0.39 is 40.3 Å². The fourth-order valence-electron chi connectivity index (χ4n) is 12.6. The van der Waals surface area contributed by atoms with E-state index in [0.29, 0.717) is 43.1 Å². The second-order valence-electron chi connectivity index (χ2n) is 23.1. The van der Waals surface area contributed by atoms with Crippen LogP contribution in [0.1, 0.15) is 164 Å². The highest BCUT2D eigenvalue weighted by Crippen LogP contribution is 2.71. The quantitative estimate of drug-likeness (QED) is 0.113. The second-order valence-corrected chi connectivity index (χ2v) is 23.1. The van der Waals surface area contributed by atoms with E-state index in [9.17, 15) is 29.4 Å². The zero-order valence-corrected chi connectivity index (χ0v) is 43.6. The van der Waals surface area contributed by atoms with Gasteiger partial charge in [0.15, 0.2) is 5.78 Å². The van der Waals surface area contributed by atoms with Gasteiger partial charge in [0.2, 0.25) is 0 Å². The minimum atomic E-state index is -1.16. The van der Waals surface area contributed by atoms with Gasteiger partial charge in [-0.15, -0.1) is 0 Å². The van der Waals surface area contributed by atoms with E-state index in [2.05, 4.69) is 89.7 Å². The van der Waals surface area contributed by atoms with Crippen LogP contribution < -0.4 is 0 Å². The summed E-state index contributed by atoms with van der Waals surface area (Å²) < 4.78 is 5.84. The number of ether oxygens (including phenoxy) is 1. The van der Waals surface area contributed by atoms with Crippen molar-refractivity contribution in [3.8, 4) is 0 Å². The Hall–Kier alpha value is -3.41. The number of allylic oxidation sites excluding steroid dienone is 1. The van der Waals surface area contributed by atoms with Gasteiger partial charge in [-0.05, 0) is 165 Å². The van der Waals surface area contributed by atoms with Crippen LogP contribution in [0.25, 0.3) is 0 Å². The molecule has 0 bridgehead atoms. The number of carboxylic acid groups (broad SMARTS) is 2. The highest BCUT2D eigenvalue weighted by atomic mass is 16.5. The van der Waals surface area contributed by atoms with Crippen LogP contribution in [0, 0.1) is 63.6 Å². The van der Waals surface area contributed by atoms with Crippen molar-refractivity contribution in [3.05, 3.63) is 46.5 Å². The van der Waals surface area contributed by atoms with Gasteiger partial charge in [0, 0.05) is 38.0 Å². The van der Waals surface area contributed by atoms with E-state index in [1.54, 1.807) is 27.7 Å². The summed E-state index contributed by atoms with van der Waals surface area (Å²) in [4.78, 5) is 61.5. The first-order chi connectivity index (χ1) is 30.7. The fraction of sp³-hybridized carbons (Fsp3) is 0.764. The third-order valence-corrected chi connectivity index (χ3v) is 17.1. The van der Waals surface area contributed by atoms with E-state index >= 15 is 0 Å². The van der Waals surface area contributed by atoms with Gasteiger partial charge in [-0.25, -0.2) is 0 Å². The maximum atomic E-state index is 14.2. The maximum Gasteiger partial charge on any atom is 0.309 e. The number of Topliss-reactive ketones (excluding diaryl/α,β-unsaturated/α-hetero) is 1. The van der Waals surface area contributed by atoms with Gasteiger partial charge in [0.25, 0.3) is 0 Å². The first-order valence-corrected chi connectivity index (χ1v) is 25.0. The van der Waals surface area contributed by atoms with Crippen LogP contribution >= 0.6 is 0 Å². The van der Waals surface area contributed by atoms with Crippen molar-refractivity contribution in [1.82, 2.24) is 9.80 Å². The van der Waals surface area contributed by atoms with Crippen molar-refractivity contribution < 1.29 is 44.0 Å². The number of benzene rings is 1. The Balaban J connectivity index is 0.00000104. The number of rotatable bonds is 19. The monoisotopic (exact) mass is 923 g/mol. The second kappa shape index (κ2) is 23.3. The minimum absolute atomic E-state index is 0.0748. The molecule has 374 valence electrons. The van der Waals surface area contributed by atoms with Crippen molar-refractivity contribution in [1.29, 1.82) is 0 Å². The van der Waals surface area contributed by atoms with Gasteiger partial charge in [-0.2, -0.15) is 0 Å². The summed E-state index contributed by atoms with van der Waals surface area (Å²) in [6.45, 7) is 29.3. The first kappa shape index (κ1) is 56.9. The van der Waals surface area contributed by atoms with Gasteiger partial charge in [0.05, 0.1) is 29.5 Å². The predicted octanol–water partition coefficient (Wildman–Crippen LogP) is 10.4. The van der Waals surface area contributed by atoms with Crippen molar-refractivity contribution in [3.63, 3.8) is 0 Å². The van der Waals surface area contributed by atoms with Crippen LogP contribution in [-0.2, 0) is 35.3 Å². The number of carboxylic acids is 2. The van der Waals surface area contributed by atoms with E-state index in [1.807, 2.05) is 20.6 Å². The largest absolute Gasteiger partial charge is 0.481 e. The molecule has 4 aliphatic rings. The summed E-state index contributed by atoms with van der Waals surface area (Å²) in [5, 5.41) is 30.6. The normalized spacial score (nSPS) is 28.3. The Labute approximate surface area is 398 Å². The van der Waals surface area contributed by atoms with Crippen molar-refractivity contribution in [2.45, 2.75) is 179 Å². The van der Waals surface area contributed by atoms with Crippen LogP contribution in [0.2, 0.25) is 0 Å². The van der Waals surface area contributed by atoms with Crippen molar-refractivity contribution in [2.24, 2.45) is 56.7 Å². The lowest BCUT2D eigenvalue weighted by Gasteiger charge is -2.65. The number of hydrogen-bond acceptors (Lipinski definition) is 9. The molecule has 3 fully saturated rings. The van der Waals surface area contributed by atoms with Crippen LogP contribution in [0.5, 0.6) is 0 Å². The summed E-state index contributed by atoms with van der Waals surface area (Å²) in [6, 6.07) is 8.73. The Bertz CT molecular complexity index is 1840. The molecule has 4 aliphatic carbocycles. The molecule has 3 N–H and O–H groups in total. The zero-order valence-electron chi connectivity index (χ0n) is 43.6. The minimum Gasteiger partial charge on any atom is -0.481 e. The number of carbonyl (C=O) groups excluding carboxylic acids is 3. The van der Waals surface area contributed by atoms with Crippen LogP contribution in [0.4, 0.5) is 0 Å². The van der Waals surface area contributed by atoms with Crippen LogP contribution in [0.15, 0.2) is 35.4 Å². The average Bonchev–Trinajstić information content (AvgIpc) is 3.57. The van der Waals surface area contributed by atoms with Crippen LogP contribution in [-0.4, -0.2) is 102 Å². The maximum absolute atomic E-state index is 14.2. The van der Waals surface area contributed by atoms with Gasteiger partial charge in [-0.1, -0.05) is 83.4 Å². The lowest BCUT2D eigenvalue weighted by Crippen LogP contribution is -2.59. The highest BCUT2D eigenvalue weighted by molar-refractivity contribution is 6.00. The number of fused-ring (bicyclic) bond motifs is 5. The highest BCUT2D eigenvalue weighted by Gasteiger charge is 2.64. The Morgan fingerprint density at radius 3 is 2.02 bits per heavy atom. The standard InChI is InChI=1S/C48H76N2O6.C6H12O2.CH2O/c1-12-35-20-23-47(9)37-21-24-48(40(52)30-50(26-25-49(10)11)29-34-15-13-32(4)14-16-34)27-38(51)42(31(2)3)43(48)36(37)17-18-39(47)46(35,8)22-19-33(5)56-41(53)28-45(6,7)44(54)55;1-4-6(2,3)5(7)8;1-2/h13-16,31,33,35-37,39-40,52H,12,17-30H2,1-11H3,(H,54,55);4H2,1-3H3,(H,7,8);1H2.